The molecule has 53 heavy (non-hydrogen) atoms. The second-order valence-corrected chi connectivity index (χ2v) is 15.9. The molecule has 0 radical (unpaired) electrons. The Morgan fingerprint density at radius 3 is 1.28 bits per heavy atom. The van der Waals surface area contributed by atoms with Gasteiger partial charge in [-0.3, -0.25) is 0 Å². The van der Waals surface area contributed by atoms with E-state index in [0.29, 0.717) is 17.4 Å². The fourth-order valence-corrected chi connectivity index (χ4v) is 9.29. The van der Waals surface area contributed by atoms with Crippen molar-refractivity contribution in [1.82, 2.24) is 13.7 Å². The van der Waals surface area contributed by atoms with Crippen molar-refractivity contribution in [2.24, 2.45) is 11.8 Å². The summed E-state index contributed by atoms with van der Waals surface area (Å²) >= 11 is 0. The van der Waals surface area contributed by atoms with Crippen LogP contribution in [-0.2, 0) is 12.8 Å². The molecule has 3 heterocycles. The van der Waals surface area contributed by atoms with Crippen LogP contribution in [0.4, 0.5) is 0 Å². The molecule has 0 fully saturated rings. The van der Waals surface area contributed by atoms with Gasteiger partial charge in [0, 0.05) is 32.9 Å². The van der Waals surface area contributed by atoms with Crippen molar-refractivity contribution in [2.45, 2.75) is 54.4 Å². The predicted molar refractivity (Wildman–Crippen MR) is 222 cm³/mol. The van der Waals surface area contributed by atoms with E-state index in [2.05, 4.69) is 171 Å². The van der Waals surface area contributed by atoms with Crippen molar-refractivity contribution >= 4 is 55.8 Å². The molecule has 2 aliphatic carbocycles. The van der Waals surface area contributed by atoms with E-state index in [1.165, 1.54) is 66.3 Å². The molecule has 4 heteroatoms. The third kappa shape index (κ3) is 4.66. The number of rotatable bonds is 3. The zero-order chi connectivity index (χ0) is 36.3. The van der Waals surface area contributed by atoms with Crippen molar-refractivity contribution in [3.05, 3.63) is 147 Å². The molecule has 0 saturated carbocycles. The smallest absolute Gasteiger partial charge is 0.104 e. The average molecular weight is 687 g/mol. The van der Waals surface area contributed by atoms with Gasteiger partial charge in [0.05, 0.1) is 39.1 Å². The van der Waals surface area contributed by atoms with Crippen LogP contribution in [0.25, 0.3) is 72.8 Å². The van der Waals surface area contributed by atoms with Gasteiger partial charge in [-0.2, -0.15) is 5.26 Å². The lowest BCUT2D eigenvalue weighted by Gasteiger charge is -2.22. The fourth-order valence-electron chi connectivity index (χ4n) is 9.29. The predicted octanol–water partition coefficient (Wildman–Crippen LogP) is 12.2. The minimum atomic E-state index is 0.444. The highest BCUT2D eigenvalue weighted by Crippen LogP contribution is 2.43. The van der Waals surface area contributed by atoms with Gasteiger partial charge in [-0.15, -0.1) is 0 Å². The van der Waals surface area contributed by atoms with Gasteiger partial charge < -0.3 is 13.7 Å². The molecule has 5 aromatic carbocycles. The summed E-state index contributed by atoms with van der Waals surface area (Å²) in [5.41, 5.74) is 18.1. The van der Waals surface area contributed by atoms with Crippen LogP contribution in [0.2, 0.25) is 0 Å². The zero-order valence-electron chi connectivity index (χ0n) is 31.3. The van der Waals surface area contributed by atoms with Crippen molar-refractivity contribution < 1.29 is 0 Å². The first kappa shape index (κ1) is 31.7. The van der Waals surface area contributed by atoms with Crippen LogP contribution < -0.4 is 0 Å². The molecule has 0 bridgehead atoms. The van der Waals surface area contributed by atoms with E-state index >= 15 is 0 Å². The van der Waals surface area contributed by atoms with Crippen molar-refractivity contribution in [3.8, 4) is 23.1 Å². The molecule has 10 rings (SSSR count). The minimum absolute atomic E-state index is 0.444. The van der Waals surface area contributed by atoms with Crippen LogP contribution in [0.1, 0.15) is 64.2 Å². The molecule has 0 saturated heterocycles. The molecule has 4 nitrogen and oxygen atoms in total. The number of benzene rings is 5. The minimum Gasteiger partial charge on any atom is -0.309 e. The standard InChI is InChI=1S/C49H42N4/c1-28-7-13-42-35(19-28)36-20-29(2)8-14-43(36)51(42)34-25-48(52-44-15-9-30(3)21-37(44)38-22-31(4)10-16-45(38)52)41(27-50)49(26-34)53-46-17-11-32(5)23-39(46)40-24-33(6)12-18-47(40)53/h7-21,23,25-26,31,33H,22,24H2,1-6H3. The molecule has 8 aromatic rings. The SMILES string of the molecule is Cc1ccc2c(c1)c1c(n2-c2cc(-n3c4ccc(C)cc4c4cc(C)ccc43)cc(-n3c4c(c5cc(C)ccc53)CC(C)C=C4)c2C#N)C=CC(C)C1. The molecular weight excluding hydrogens is 645 g/mol. The quantitative estimate of drug-likeness (QED) is 0.182. The Balaban J connectivity index is 1.39. The molecule has 0 aliphatic heterocycles. The summed E-state index contributed by atoms with van der Waals surface area (Å²) in [7, 11) is 0. The van der Waals surface area contributed by atoms with Crippen LogP contribution >= 0.6 is 0 Å². The Labute approximate surface area is 310 Å². The Hall–Kier alpha value is -6.05. The summed E-state index contributed by atoms with van der Waals surface area (Å²) in [4.78, 5) is 0. The number of hydrogen-bond donors (Lipinski definition) is 0. The largest absolute Gasteiger partial charge is 0.309 e. The molecule has 2 unspecified atom stereocenters. The molecule has 258 valence electrons. The van der Waals surface area contributed by atoms with Gasteiger partial charge in [0.1, 0.15) is 11.6 Å². The lowest BCUT2D eigenvalue weighted by atomic mass is 9.93. The van der Waals surface area contributed by atoms with Crippen molar-refractivity contribution in [2.75, 3.05) is 0 Å². The fraction of sp³-hybridized carbons (Fsp3) is 0.204. The van der Waals surface area contributed by atoms with Crippen LogP contribution in [0.5, 0.6) is 0 Å². The Kier molecular flexibility index (Phi) is 6.86. The van der Waals surface area contributed by atoms with Crippen LogP contribution in [0.3, 0.4) is 0 Å². The first-order valence-corrected chi connectivity index (χ1v) is 18.9. The summed E-state index contributed by atoms with van der Waals surface area (Å²) in [6.45, 7) is 13.3. The summed E-state index contributed by atoms with van der Waals surface area (Å²) < 4.78 is 7.17. The topological polar surface area (TPSA) is 38.6 Å². The van der Waals surface area contributed by atoms with Crippen molar-refractivity contribution in [3.63, 3.8) is 0 Å². The maximum Gasteiger partial charge on any atom is 0.104 e. The maximum atomic E-state index is 11.4. The molecule has 3 aromatic heterocycles. The highest BCUT2D eigenvalue weighted by atomic mass is 15.1. The second-order valence-electron chi connectivity index (χ2n) is 15.9. The number of allylic oxidation sites excluding steroid dienone is 2. The molecule has 2 atom stereocenters. The van der Waals surface area contributed by atoms with Gasteiger partial charge in [-0.25, -0.2) is 0 Å². The van der Waals surface area contributed by atoms with E-state index in [4.69, 9.17) is 0 Å². The van der Waals surface area contributed by atoms with Crippen LogP contribution in [0, 0.1) is 50.9 Å². The number of hydrogen-bond acceptors (Lipinski definition) is 1. The lowest BCUT2D eigenvalue weighted by Crippen LogP contribution is -2.11. The number of aromatic nitrogens is 3. The number of fused-ring (bicyclic) bond motifs is 9. The second kappa shape index (κ2) is 11.5. The number of aryl methyl sites for hydroxylation is 4. The molecule has 2 aliphatic rings. The van der Waals surface area contributed by atoms with E-state index in [-0.39, 0.29) is 0 Å². The molecule has 0 spiro atoms. The van der Waals surface area contributed by atoms with E-state index < -0.39 is 0 Å². The Bertz CT molecular complexity index is 2790. The molecule has 0 amide bonds. The van der Waals surface area contributed by atoms with Gasteiger partial charge in [0.2, 0.25) is 0 Å². The normalized spacial score (nSPS) is 16.5. The molecule has 0 N–H and O–H groups in total. The van der Waals surface area contributed by atoms with Gasteiger partial charge in [-0.05, 0) is 136 Å². The van der Waals surface area contributed by atoms with Gasteiger partial charge in [0.25, 0.3) is 0 Å². The maximum absolute atomic E-state index is 11.4. The monoisotopic (exact) mass is 686 g/mol. The first-order valence-electron chi connectivity index (χ1n) is 18.9. The van der Waals surface area contributed by atoms with Crippen LogP contribution in [0.15, 0.2) is 97.1 Å². The third-order valence-electron chi connectivity index (χ3n) is 11.8. The first-order chi connectivity index (χ1) is 25.7. The summed E-state index contributed by atoms with van der Waals surface area (Å²) in [5.74, 6) is 0.888. The van der Waals surface area contributed by atoms with Gasteiger partial charge in [0.15, 0.2) is 0 Å². The Morgan fingerprint density at radius 2 is 0.887 bits per heavy atom. The van der Waals surface area contributed by atoms with Gasteiger partial charge in [-0.1, -0.05) is 72.5 Å². The van der Waals surface area contributed by atoms with E-state index in [9.17, 15) is 5.26 Å². The molecular formula is C49H42N4. The number of nitrogens with zero attached hydrogens (tertiary/aromatic N) is 4. The zero-order valence-corrected chi connectivity index (χ0v) is 31.3. The van der Waals surface area contributed by atoms with E-state index in [0.717, 1.165) is 52.0 Å². The third-order valence-corrected chi connectivity index (χ3v) is 11.8. The van der Waals surface area contributed by atoms with Crippen LogP contribution in [-0.4, -0.2) is 13.7 Å². The average Bonchev–Trinajstić information content (AvgIpc) is 3.75. The van der Waals surface area contributed by atoms with E-state index in [1.54, 1.807) is 0 Å². The Morgan fingerprint density at radius 1 is 0.509 bits per heavy atom. The highest BCUT2D eigenvalue weighted by molar-refractivity contribution is 6.10. The van der Waals surface area contributed by atoms with Gasteiger partial charge >= 0.3 is 0 Å². The highest BCUT2D eigenvalue weighted by Gasteiger charge is 2.28. The summed E-state index contributed by atoms with van der Waals surface area (Å²) in [6.07, 6.45) is 11.2. The summed E-state index contributed by atoms with van der Waals surface area (Å²) in [6, 6.07) is 34.5. The van der Waals surface area contributed by atoms with Crippen molar-refractivity contribution in [1.29, 1.82) is 5.26 Å². The van der Waals surface area contributed by atoms with E-state index in [1.807, 2.05) is 0 Å². The lowest BCUT2D eigenvalue weighted by molar-refractivity contribution is 0.717. The summed E-state index contributed by atoms with van der Waals surface area (Å²) in [5, 5.41) is 16.4. The number of nitriles is 1.